The summed E-state index contributed by atoms with van der Waals surface area (Å²) in [6.45, 7) is 3.03. The van der Waals surface area contributed by atoms with Crippen molar-refractivity contribution in [2.75, 3.05) is 11.9 Å². The van der Waals surface area contributed by atoms with E-state index in [1.54, 1.807) is 6.92 Å². The van der Waals surface area contributed by atoms with Crippen molar-refractivity contribution in [3.8, 4) is 11.4 Å². The molecule has 10 heteroatoms. The number of thioether (sulfide) groups is 1. The van der Waals surface area contributed by atoms with Crippen LogP contribution in [0.3, 0.4) is 0 Å². The monoisotopic (exact) mass is 483 g/mol. The highest BCUT2D eigenvalue weighted by Gasteiger charge is 2.25. The Hall–Kier alpha value is -3.24. The topological polar surface area (TPSA) is 84.8 Å². The van der Waals surface area contributed by atoms with E-state index in [-0.39, 0.29) is 17.7 Å². The van der Waals surface area contributed by atoms with E-state index in [0.717, 1.165) is 48.0 Å². The maximum atomic E-state index is 13.5. The number of H-pyrrole nitrogens is 1. The van der Waals surface area contributed by atoms with Crippen LogP contribution in [0, 0.1) is 11.6 Å². The van der Waals surface area contributed by atoms with Crippen molar-refractivity contribution in [2.24, 2.45) is 0 Å². The van der Waals surface area contributed by atoms with E-state index in [9.17, 15) is 13.6 Å². The minimum Gasteiger partial charge on any atom is -0.376 e. The largest absolute Gasteiger partial charge is 0.376 e. The predicted octanol–water partition coefficient (Wildman–Crippen LogP) is 5.00. The summed E-state index contributed by atoms with van der Waals surface area (Å²) in [5.74, 6) is -1.63. The minimum atomic E-state index is -1.02. The summed E-state index contributed by atoms with van der Waals surface area (Å²) >= 11 is 1.26. The van der Waals surface area contributed by atoms with Crippen molar-refractivity contribution in [2.45, 2.75) is 42.8 Å². The van der Waals surface area contributed by atoms with E-state index in [4.69, 9.17) is 4.74 Å². The summed E-state index contributed by atoms with van der Waals surface area (Å²) in [5.41, 5.74) is 2.11. The van der Waals surface area contributed by atoms with Gasteiger partial charge >= 0.3 is 0 Å². The van der Waals surface area contributed by atoms with Crippen LogP contribution in [0.15, 0.2) is 53.8 Å². The molecular weight excluding hydrogens is 460 g/mol. The van der Waals surface area contributed by atoms with Crippen LogP contribution in [0.1, 0.15) is 19.8 Å². The average molecular weight is 484 g/mol. The lowest BCUT2D eigenvalue weighted by atomic mass is 10.1. The molecule has 3 heterocycles. The SMILES string of the molecule is CC(Sc1nnc(-c2c[nH]c3ccccc23)n1CC1CCCO1)C(=O)Nc1ccc(F)c(F)c1. The molecule has 1 aliphatic rings. The molecule has 0 bridgehead atoms. The van der Waals surface area contributed by atoms with Crippen LogP contribution < -0.4 is 5.32 Å². The molecular formula is C24H23F2N5O2S. The number of rotatable bonds is 7. The summed E-state index contributed by atoms with van der Waals surface area (Å²) in [4.78, 5) is 16.0. The number of nitrogens with zero attached hydrogens (tertiary/aromatic N) is 3. The highest BCUT2D eigenvalue weighted by atomic mass is 32.2. The van der Waals surface area contributed by atoms with E-state index in [0.29, 0.717) is 17.5 Å². The van der Waals surface area contributed by atoms with Gasteiger partial charge in [0.25, 0.3) is 0 Å². The Morgan fingerprint density at radius 1 is 1.26 bits per heavy atom. The lowest BCUT2D eigenvalue weighted by Crippen LogP contribution is -2.23. The van der Waals surface area contributed by atoms with Crippen LogP contribution in [0.25, 0.3) is 22.3 Å². The van der Waals surface area contributed by atoms with E-state index < -0.39 is 16.9 Å². The van der Waals surface area contributed by atoms with Gasteiger partial charge in [0.15, 0.2) is 22.6 Å². The number of hydrogen-bond donors (Lipinski definition) is 2. The van der Waals surface area contributed by atoms with Gasteiger partial charge in [0.05, 0.1) is 17.9 Å². The summed E-state index contributed by atoms with van der Waals surface area (Å²) in [7, 11) is 0. The van der Waals surface area contributed by atoms with Crippen molar-refractivity contribution in [3.63, 3.8) is 0 Å². The number of halogens is 2. The van der Waals surface area contributed by atoms with Gasteiger partial charge in [-0.15, -0.1) is 10.2 Å². The number of carbonyl (C=O) groups excluding carboxylic acids is 1. The average Bonchev–Trinajstić information content (AvgIpc) is 3.57. The normalized spacial score (nSPS) is 16.7. The predicted molar refractivity (Wildman–Crippen MR) is 127 cm³/mol. The lowest BCUT2D eigenvalue weighted by Gasteiger charge is -2.16. The maximum Gasteiger partial charge on any atom is 0.237 e. The van der Waals surface area contributed by atoms with E-state index >= 15 is 0 Å². The number of aromatic amines is 1. The summed E-state index contributed by atoms with van der Waals surface area (Å²) in [5, 5.41) is 12.5. The second-order valence-electron chi connectivity index (χ2n) is 8.18. The van der Waals surface area contributed by atoms with Crippen LogP contribution in [0.5, 0.6) is 0 Å². The zero-order chi connectivity index (χ0) is 23.7. The third-order valence-electron chi connectivity index (χ3n) is 5.80. The maximum absolute atomic E-state index is 13.5. The Morgan fingerprint density at radius 3 is 2.91 bits per heavy atom. The van der Waals surface area contributed by atoms with Gasteiger partial charge in [-0.3, -0.25) is 9.36 Å². The van der Waals surface area contributed by atoms with Crippen molar-refractivity contribution < 1.29 is 18.3 Å². The number of fused-ring (bicyclic) bond motifs is 1. The second kappa shape index (κ2) is 9.55. The molecule has 1 saturated heterocycles. The first-order valence-electron chi connectivity index (χ1n) is 11.0. The van der Waals surface area contributed by atoms with Crippen LogP contribution >= 0.6 is 11.8 Å². The molecule has 1 amide bonds. The zero-order valence-electron chi connectivity index (χ0n) is 18.4. The Morgan fingerprint density at radius 2 is 2.12 bits per heavy atom. The number of para-hydroxylation sites is 1. The van der Waals surface area contributed by atoms with Crippen molar-refractivity contribution in [3.05, 3.63) is 60.3 Å². The first kappa shape index (κ1) is 22.5. The van der Waals surface area contributed by atoms with Crippen LogP contribution in [0.4, 0.5) is 14.5 Å². The molecule has 34 heavy (non-hydrogen) atoms. The van der Waals surface area contributed by atoms with E-state index in [1.807, 2.05) is 35.0 Å². The number of benzene rings is 2. The molecule has 0 aliphatic carbocycles. The number of anilines is 1. The Labute approximate surface area is 198 Å². The molecule has 4 aromatic rings. The molecule has 0 radical (unpaired) electrons. The van der Waals surface area contributed by atoms with Gasteiger partial charge in [0.2, 0.25) is 5.91 Å². The first-order valence-corrected chi connectivity index (χ1v) is 11.9. The molecule has 176 valence electrons. The smallest absolute Gasteiger partial charge is 0.237 e. The molecule has 2 N–H and O–H groups in total. The molecule has 0 spiro atoms. The Balaban J connectivity index is 1.41. The van der Waals surface area contributed by atoms with Gasteiger partial charge in [-0.1, -0.05) is 30.0 Å². The molecule has 7 nitrogen and oxygen atoms in total. The third kappa shape index (κ3) is 4.55. The van der Waals surface area contributed by atoms with Gasteiger partial charge in [0, 0.05) is 41.0 Å². The molecule has 1 fully saturated rings. The lowest BCUT2D eigenvalue weighted by molar-refractivity contribution is -0.115. The van der Waals surface area contributed by atoms with E-state index in [2.05, 4.69) is 20.5 Å². The Kier molecular flexibility index (Phi) is 6.34. The number of amides is 1. The van der Waals surface area contributed by atoms with Gasteiger partial charge in [0.1, 0.15) is 0 Å². The molecule has 2 unspecified atom stereocenters. The van der Waals surface area contributed by atoms with Crippen molar-refractivity contribution >= 4 is 34.3 Å². The van der Waals surface area contributed by atoms with E-state index in [1.165, 1.54) is 17.8 Å². The zero-order valence-corrected chi connectivity index (χ0v) is 19.2. The van der Waals surface area contributed by atoms with Crippen LogP contribution in [-0.2, 0) is 16.1 Å². The summed E-state index contributed by atoms with van der Waals surface area (Å²) < 4.78 is 34.5. The Bertz CT molecular complexity index is 1330. The quantitative estimate of drug-likeness (QED) is 0.361. The minimum absolute atomic E-state index is 0.0469. The molecule has 5 rings (SSSR count). The van der Waals surface area contributed by atoms with Gasteiger partial charge in [-0.05, 0) is 38.0 Å². The summed E-state index contributed by atoms with van der Waals surface area (Å²) in [6.07, 6.45) is 3.91. The standard InChI is InChI=1S/C24H23F2N5O2S/c1-14(23(32)28-15-8-9-19(25)20(26)11-15)34-24-30-29-22(31(24)13-16-5-4-10-33-16)18-12-27-21-7-3-2-6-17(18)21/h2-3,6-9,11-12,14,16,27H,4-5,10,13H2,1H3,(H,28,32). The van der Waals surface area contributed by atoms with Gasteiger partial charge in [-0.2, -0.15) is 0 Å². The highest BCUT2D eigenvalue weighted by molar-refractivity contribution is 8.00. The number of hydrogen-bond acceptors (Lipinski definition) is 5. The fourth-order valence-corrected chi connectivity index (χ4v) is 4.88. The number of carbonyl (C=O) groups is 1. The molecule has 1 aliphatic heterocycles. The second-order valence-corrected chi connectivity index (χ2v) is 9.49. The molecule has 0 saturated carbocycles. The summed E-state index contributed by atoms with van der Waals surface area (Å²) in [6, 6.07) is 11.2. The van der Waals surface area contributed by atoms with Crippen LogP contribution in [0.2, 0.25) is 0 Å². The number of ether oxygens (including phenoxy) is 1. The van der Waals surface area contributed by atoms with Crippen LogP contribution in [-0.4, -0.2) is 43.6 Å². The van der Waals surface area contributed by atoms with Gasteiger partial charge < -0.3 is 15.0 Å². The fourth-order valence-electron chi connectivity index (χ4n) is 4.02. The molecule has 2 atom stereocenters. The first-order chi connectivity index (χ1) is 16.5. The fraction of sp³-hybridized carbons (Fsp3) is 0.292. The molecule has 2 aromatic heterocycles. The highest BCUT2D eigenvalue weighted by Crippen LogP contribution is 2.32. The van der Waals surface area contributed by atoms with Gasteiger partial charge in [-0.25, -0.2) is 8.78 Å². The van der Waals surface area contributed by atoms with Crippen molar-refractivity contribution in [1.29, 1.82) is 0 Å². The van der Waals surface area contributed by atoms with Crippen molar-refractivity contribution in [1.82, 2.24) is 19.7 Å². The number of nitrogens with one attached hydrogen (secondary N) is 2. The third-order valence-corrected chi connectivity index (χ3v) is 6.88. The number of aromatic nitrogens is 4. The molecule has 2 aromatic carbocycles.